The van der Waals surface area contributed by atoms with Crippen molar-refractivity contribution < 1.29 is 9.36 Å². The minimum Gasteiger partial charge on any atom is -0.385 e. The second kappa shape index (κ2) is 5.30. The molecule has 0 bridgehead atoms. The fraction of sp³-hybridized carbons (Fsp3) is 0.222. The highest BCUT2D eigenvalue weighted by molar-refractivity contribution is 5.91. The first-order chi connectivity index (χ1) is 10.8. The Balaban J connectivity index is 1.50. The van der Waals surface area contributed by atoms with Gasteiger partial charge in [0.25, 0.3) is 0 Å². The Morgan fingerprint density at radius 2 is 1.86 bits per heavy atom. The van der Waals surface area contributed by atoms with Crippen LogP contribution < -0.4 is 0 Å². The monoisotopic (exact) mass is 292 g/mol. The van der Waals surface area contributed by atoms with Crippen LogP contribution >= 0.6 is 0 Å². The summed E-state index contributed by atoms with van der Waals surface area (Å²) in [5, 5.41) is 8.35. The van der Waals surface area contributed by atoms with Crippen LogP contribution in [-0.4, -0.2) is 10.9 Å². The van der Waals surface area contributed by atoms with Gasteiger partial charge in [0.2, 0.25) is 0 Å². The molecule has 4 heteroatoms. The molecule has 4 nitrogen and oxygen atoms in total. The van der Waals surface area contributed by atoms with Crippen molar-refractivity contribution in [2.75, 3.05) is 0 Å². The number of rotatable bonds is 3. The molecule has 0 amide bonds. The molecule has 2 heterocycles. The van der Waals surface area contributed by atoms with Gasteiger partial charge in [-0.3, -0.25) is 0 Å². The third kappa shape index (κ3) is 2.37. The van der Waals surface area contributed by atoms with E-state index in [1.807, 2.05) is 30.4 Å². The molecule has 0 saturated carbocycles. The normalized spacial score (nSPS) is 20.4. The van der Waals surface area contributed by atoms with Gasteiger partial charge in [-0.05, 0) is 6.92 Å². The van der Waals surface area contributed by atoms with Gasteiger partial charge in [-0.1, -0.05) is 64.4 Å². The SMILES string of the molecule is Cc1ccc(-c2cc(C3CC(C4C=CC=C4)=NO3)no2)cc1. The van der Waals surface area contributed by atoms with Gasteiger partial charge in [0.1, 0.15) is 5.69 Å². The predicted molar refractivity (Wildman–Crippen MR) is 84.3 cm³/mol. The van der Waals surface area contributed by atoms with Crippen LogP contribution in [0.5, 0.6) is 0 Å². The number of nitrogens with zero attached hydrogens (tertiary/aromatic N) is 2. The summed E-state index contributed by atoms with van der Waals surface area (Å²) < 4.78 is 5.45. The molecular weight excluding hydrogens is 276 g/mol. The van der Waals surface area contributed by atoms with Gasteiger partial charge in [0.15, 0.2) is 11.9 Å². The van der Waals surface area contributed by atoms with E-state index in [4.69, 9.17) is 9.36 Å². The highest BCUT2D eigenvalue weighted by Crippen LogP contribution is 2.32. The average molecular weight is 292 g/mol. The zero-order chi connectivity index (χ0) is 14.9. The number of allylic oxidation sites excluding steroid dienone is 4. The van der Waals surface area contributed by atoms with Crippen LogP contribution in [0, 0.1) is 12.8 Å². The zero-order valence-electron chi connectivity index (χ0n) is 12.3. The standard InChI is InChI=1S/C18H16N2O2/c1-12-6-8-14(9-7-12)17-11-16(20-21-17)18-10-15(19-22-18)13-4-2-3-5-13/h2-9,11,13,18H,10H2,1H3. The Morgan fingerprint density at radius 3 is 2.64 bits per heavy atom. The predicted octanol–water partition coefficient (Wildman–Crippen LogP) is 4.21. The lowest BCUT2D eigenvalue weighted by atomic mass is 9.99. The summed E-state index contributed by atoms with van der Waals surface area (Å²) >= 11 is 0. The number of aromatic nitrogens is 1. The number of aryl methyl sites for hydroxylation is 1. The molecule has 0 radical (unpaired) electrons. The fourth-order valence-corrected chi connectivity index (χ4v) is 2.70. The molecule has 1 aromatic carbocycles. The molecule has 1 aliphatic heterocycles. The molecular formula is C18H16N2O2. The summed E-state index contributed by atoms with van der Waals surface area (Å²) in [6.07, 6.45) is 8.90. The highest BCUT2D eigenvalue weighted by Gasteiger charge is 2.29. The third-order valence-electron chi connectivity index (χ3n) is 4.02. The summed E-state index contributed by atoms with van der Waals surface area (Å²) in [5.74, 6) is 1.01. The molecule has 1 unspecified atom stereocenters. The van der Waals surface area contributed by atoms with Crippen molar-refractivity contribution in [2.24, 2.45) is 11.1 Å². The minimum absolute atomic E-state index is 0.152. The van der Waals surface area contributed by atoms with Crippen LogP contribution in [-0.2, 0) is 4.84 Å². The Kier molecular flexibility index (Phi) is 3.15. The van der Waals surface area contributed by atoms with Crippen LogP contribution in [0.1, 0.15) is 23.8 Å². The number of hydrogen-bond acceptors (Lipinski definition) is 4. The zero-order valence-corrected chi connectivity index (χ0v) is 12.3. The Labute approximate surface area is 128 Å². The van der Waals surface area contributed by atoms with E-state index in [0.29, 0.717) is 0 Å². The van der Waals surface area contributed by atoms with Crippen molar-refractivity contribution >= 4 is 5.71 Å². The van der Waals surface area contributed by atoms with E-state index < -0.39 is 0 Å². The maximum atomic E-state index is 5.53. The van der Waals surface area contributed by atoms with Crippen molar-refractivity contribution in [3.8, 4) is 11.3 Å². The van der Waals surface area contributed by atoms with Crippen molar-refractivity contribution in [2.45, 2.75) is 19.4 Å². The molecule has 0 N–H and O–H groups in total. The third-order valence-corrected chi connectivity index (χ3v) is 4.02. The second-order valence-electron chi connectivity index (χ2n) is 5.66. The first-order valence-electron chi connectivity index (χ1n) is 7.41. The lowest BCUT2D eigenvalue weighted by Crippen LogP contribution is -2.07. The van der Waals surface area contributed by atoms with Gasteiger partial charge in [0, 0.05) is 24.0 Å². The molecule has 2 aliphatic rings. The highest BCUT2D eigenvalue weighted by atomic mass is 16.6. The largest absolute Gasteiger partial charge is 0.385 e. The molecule has 4 rings (SSSR count). The number of benzene rings is 1. The van der Waals surface area contributed by atoms with Crippen LogP contribution in [0.4, 0.5) is 0 Å². The van der Waals surface area contributed by atoms with E-state index in [2.05, 4.69) is 41.5 Å². The van der Waals surface area contributed by atoms with E-state index in [9.17, 15) is 0 Å². The summed E-state index contributed by atoms with van der Waals surface area (Å²) in [7, 11) is 0. The van der Waals surface area contributed by atoms with Crippen LogP contribution in [0.3, 0.4) is 0 Å². The lowest BCUT2D eigenvalue weighted by molar-refractivity contribution is 0.0799. The molecule has 0 fully saturated rings. The average Bonchev–Trinajstić information content (AvgIpc) is 3.27. The summed E-state index contributed by atoms with van der Waals surface area (Å²) in [6, 6.07) is 10.1. The van der Waals surface area contributed by atoms with Gasteiger partial charge in [0.05, 0.1) is 5.71 Å². The molecule has 22 heavy (non-hydrogen) atoms. The van der Waals surface area contributed by atoms with Gasteiger partial charge in [-0.25, -0.2) is 0 Å². The van der Waals surface area contributed by atoms with Crippen molar-refractivity contribution in [3.05, 3.63) is 65.9 Å². The molecule has 1 atom stereocenters. The molecule has 0 saturated heterocycles. The fourth-order valence-electron chi connectivity index (χ4n) is 2.70. The van der Waals surface area contributed by atoms with E-state index in [1.165, 1.54) is 5.56 Å². The summed E-state index contributed by atoms with van der Waals surface area (Å²) in [5.41, 5.74) is 4.07. The van der Waals surface area contributed by atoms with Crippen LogP contribution in [0.2, 0.25) is 0 Å². The molecule has 1 aliphatic carbocycles. The maximum absolute atomic E-state index is 5.53. The van der Waals surface area contributed by atoms with Gasteiger partial charge >= 0.3 is 0 Å². The molecule has 110 valence electrons. The first-order valence-corrected chi connectivity index (χ1v) is 7.41. The smallest absolute Gasteiger partial charge is 0.178 e. The molecule has 2 aromatic rings. The van der Waals surface area contributed by atoms with Crippen molar-refractivity contribution in [3.63, 3.8) is 0 Å². The van der Waals surface area contributed by atoms with Gasteiger partial charge in [-0.2, -0.15) is 0 Å². The van der Waals surface area contributed by atoms with Crippen LogP contribution in [0.25, 0.3) is 11.3 Å². The number of oxime groups is 1. The van der Waals surface area contributed by atoms with E-state index in [-0.39, 0.29) is 12.0 Å². The summed E-state index contributed by atoms with van der Waals surface area (Å²) in [4.78, 5) is 5.53. The molecule has 0 spiro atoms. The summed E-state index contributed by atoms with van der Waals surface area (Å²) in [6.45, 7) is 2.06. The lowest BCUT2D eigenvalue weighted by Gasteiger charge is -2.03. The first kappa shape index (κ1) is 13.1. The van der Waals surface area contributed by atoms with Crippen molar-refractivity contribution in [1.82, 2.24) is 5.16 Å². The maximum Gasteiger partial charge on any atom is 0.178 e. The second-order valence-corrected chi connectivity index (χ2v) is 5.66. The van der Waals surface area contributed by atoms with E-state index >= 15 is 0 Å². The molecule has 1 aromatic heterocycles. The van der Waals surface area contributed by atoms with Crippen molar-refractivity contribution in [1.29, 1.82) is 0 Å². The van der Waals surface area contributed by atoms with E-state index in [1.54, 1.807) is 0 Å². The minimum atomic E-state index is -0.152. The van der Waals surface area contributed by atoms with Gasteiger partial charge < -0.3 is 9.36 Å². The topological polar surface area (TPSA) is 47.6 Å². The van der Waals surface area contributed by atoms with Crippen LogP contribution in [0.15, 0.2) is 64.3 Å². The Hall–Kier alpha value is -2.62. The Morgan fingerprint density at radius 1 is 1.09 bits per heavy atom. The Bertz CT molecular complexity index is 757. The number of hydrogen-bond donors (Lipinski definition) is 0. The van der Waals surface area contributed by atoms with E-state index in [0.717, 1.165) is 29.2 Å². The van der Waals surface area contributed by atoms with Gasteiger partial charge in [-0.15, -0.1) is 0 Å². The quantitative estimate of drug-likeness (QED) is 0.851.